The molecule has 0 aliphatic carbocycles. The van der Waals surface area contributed by atoms with E-state index in [2.05, 4.69) is 10.1 Å². The van der Waals surface area contributed by atoms with Gasteiger partial charge in [0.25, 0.3) is 11.6 Å². The normalized spacial score (nSPS) is 10.2. The first-order valence-corrected chi connectivity index (χ1v) is 9.91. The minimum absolute atomic E-state index is 0.0284. The summed E-state index contributed by atoms with van der Waals surface area (Å²) in [6.07, 6.45) is 0. The van der Waals surface area contributed by atoms with E-state index in [1.807, 2.05) is 30.3 Å². The van der Waals surface area contributed by atoms with Crippen LogP contribution in [0.3, 0.4) is 0 Å². The summed E-state index contributed by atoms with van der Waals surface area (Å²) in [4.78, 5) is 34.9. The van der Waals surface area contributed by atoms with Gasteiger partial charge in [0.1, 0.15) is 6.61 Å². The lowest BCUT2D eigenvalue weighted by atomic mass is 10.1. The average molecular weight is 450 g/mol. The summed E-state index contributed by atoms with van der Waals surface area (Å²) in [5.74, 6) is -0.297. The Labute approximate surface area is 190 Å². The molecule has 3 aromatic carbocycles. The van der Waals surface area contributed by atoms with E-state index in [1.165, 1.54) is 13.2 Å². The molecule has 1 amide bonds. The first kappa shape index (κ1) is 23.3. The predicted octanol–water partition coefficient (Wildman–Crippen LogP) is 3.90. The number of non-ortho nitro benzene ring substituents is 1. The van der Waals surface area contributed by atoms with E-state index in [9.17, 15) is 19.7 Å². The van der Waals surface area contributed by atoms with Gasteiger partial charge in [0.05, 0.1) is 24.7 Å². The Morgan fingerprint density at radius 2 is 1.64 bits per heavy atom. The Morgan fingerprint density at radius 1 is 0.909 bits per heavy atom. The van der Waals surface area contributed by atoms with E-state index >= 15 is 0 Å². The fraction of sp³-hybridized carbons (Fsp3) is 0.167. The minimum atomic E-state index is -0.774. The van der Waals surface area contributed by atoms with E-state index in [1.54, 1.807) is 18.2 Å². The largest absolute Gasteiger partial charge is 0.493 e. The Balaban J connectivity index is 1.70. The molecule has 0 aliphatic heterocycles. The number of nitrogens with zero attached hydrogens (tertiary/aromatic N) is 1. The highest BCUT2D eigenvalue weighted by atomic mass is 16.6. The van der Waals surface area contributed by atoms with Crippen molar-refractivity contribution in [3.05, 3.63) is 99.1 Å². The number of nitro benzene ring substituents is 1. The van der Waals surface area contributed by atoms with Gasteiger partial charge in [-0.3, -0.25) is 14.9 Å². The van der Waals surface area contributed by atoms with Crippen LogP contribution in [0.15, 0.2) is 66.7 Å². The lowest BCUT2D eigenvalue weighted by Gasteiger charge is -2.13. The van der Waals surface area contributed by atoms with Crippen LogP contribution < -0.4 is 14.8 Å². The zero-order valence-corrected chi connectivity index (χ0v) is 18.1. The second kappa shape index (κ2) is 10.8. The number of hydrogen-bond acceptors (Lipinski definition) is 7. The maximum atomic E-state index is 12.6. The number of hydrogen-bond donors (Lipinski definition) is 1. The summed E-state index contributed by atoms with van der Waals surface area (Å²) in [5, 5.41) is 13.8. The summed E-state index contributed by atoms with van der Waals surface area (Å²) < 4.78 is 15.8. The number of benzene rings is 3. The summed E-state index contributed by atoms with van der Waals surface area (Å²) in [5.41, 5.74) is 1.24. The van der Waals surface area contributed by atoms with Gasteiger partial charge in [-0.15, -0.1) is 0 Å². The maximum Gasteiger partial charge on any atom is 0.338 e. The maximum absolute atomic E-state index is 12.6. The van der Waals surface area contributed by atoms with Crippen molar-refractivity contribution in [2.75, 3.05) is 14.2 Å². The van der Waals surface area contributed by atoms with Crippen molar-refractivity contribution in [3.63, 3.8) is 0 Å². The molecule has 9 nitrogen and oxygen atoms in total. The van der Waals surface area contributed by atoms with Crippen molar-refractivity contribution in [2.45, 2.75) is 13.2 Å². The Morgan fingerprint density at radius 3 is 2.30 bits per heavy atom. The molecular formula is C24H22N2O7. The lowest BCUT2D eigenvalue weighted by molar-refractivity contribution is -0.384. The summed E-state index contributed by atoms with van der Waals surface area (Å²) in [6.45, 7) is 0.507. The summed E-state index contributed by atoms with van der Waals surface area (Å²) in [7, 11) is 2.67. The molecule has 0 saturated carbocycles. The van der Waals surface area contributed by atoms with Crippen LogP contribution in [0.4, 0.5) is 5.69 Å². The molecule has 0 aromatic heterocycles. The molecule has 0 spiro atoms. The number of methoxy groups -OCH3 is 2. The standard InChI is InChI=1S/C24H22N2O7/c1-31-22-10-17(8-9-21(22)33-15-16-6-4-3-5-7-16)14-25-23(27)18-11-19(24(28)32-2)13-20(12-18)26(29)30/h3-13H,14-15H2,1-2H3,(H,25,27). The molecule has 1 N–H and O–H groups in total. The van der Waals surface area contributed by atoms with Crippen LogP contribution in [-0.4, -0.2) is 31.0 Å². The van der Waals surface area contributed by atoms with Gasteiger partial charge in [-0.2, -0.15) is 0 Å². The van der Waals surface area contributed by atoms with Crippen molar-refractivity contribution >= 4 is 17.6 Å². The van der Waals surface area contributed by atoms with E-state index in [-0.39, 0.29) is 23.4 Å². The van der Waals surface area contributed by atoms with Crippen molar-refractivity contribution in [1.82, 2.24) is 5.32 Å². The second-order valence-electron chi connectivity index (χ2n) is 6.96. The van der Waals surface area contributed by atoms with Crippen LogP contribution in [0.5, 0.6) is 11.5 Å². The number of rotatable bonds is 9. The van der Waals surface area contributed by atoms with Gasteiger partial charge < -0.3 is 19.5 Å². The second-order valence-corrected chi connectivity index (χ2v) is 6.96. The third-order valence-corrected chi connectivity index (χ3v) is 4.73. The molecule has 33 heavy (non-hydrogen) atoms. The fourth-order valence-electron chi connectivity index (χ4n) is 3.04. The van der Waals surface area contributed by atoms with Gasteiger partial charge >= 0.3 is 5.97 Å². The molecule has 0 fully saturated rings. The third kappa shape index (κ3) is 6.07. The molecule has 0 bridgehead atoms. The monoisotopic (exact) mass is 450 g/mol. The first-order valence-electron chi connectivity index (χ1n) is 9.91. The van der Waals surface area contributed by atoms with Crippen LogP contribution in [-0.2, 0) is 17.9 Å². The number of esters is 1. The first-order chi connectivity index (χ1) is 15.9. The van der Waals surface area contributed by atoms with Gasteiger partial charge in [0.2, 0.25) is 0 Å². The molecule has 9 heteroatoms. The highest BCUT2D eigenvalue weighted by Gasteiger charge is 2.18. The average Bonchev–Trinajstić information content (AvgIpc) is 2.85. The summed E-state index contributed by atoms with van der Waals surface area (Å²) in [6, 6.07) is 18.3. The molecular weight excluding hydrogens is 428 g/mol. The molecule has 3 aromatic rings. The van der Waals surface area contributed by atoms with Gasteiger partial charge in [0.15, 0.2) is 11.5 Å². The smallest absolute Gasteiger partial charge is 0.338 e. The topological polar surface area (TPSA) is 117 Å². The van der Waals surface area contributed by atoms with Gasteiger partial charge in [0, 0.05) is 24.2 Å². The van der Waals surface area contributed by atoms with Crippen molar-refractivity contribution in [2.24, 2.45) is 0 Å². The molecule has 0 atom stereocenters. The Kier molecular flexibility index (Phi) is 7.59. The van der Waals surface area contributed by atoms with Gasteiger partial charge in [-0.1, -0.05) is 36.4 Å². The van der Waals surface area contributed by atoms with Crippen molar-refractivity contribution < 1.29 is 28.7 Å². The van der Waals surface area contributed by atoms with E-state index in [0.29, 0.717) is 18.1 Å². The van der Waals surface area contributed by atoms with Crippen LogP contribution in [0, 0.1) is 10.1 Å². The molecule has 3 rings (SSSR count). The quantitative estimate of drug-likeness (QED) is 0.298. The van der Waals surface area contributed by atoms with Crippen LogP contribution in [0.1, 0.15) is 31.8 Å². The van der Waals surface area contributed by atoms with Crippen LogP contribution in [0.25, 0.3) is 0 Å². The van der Waals surface area contributed by atoms with E-state index < -0.39 is 16.8 Å². The van der Waals surface area contributed by atoms with E-state index in [0.717, 1.165) is 30.4 Å². The third-order valence-electron chi connectivity index (χ3n) is 4.73. The van der Waals surface area contributed by atoms with Crippen molar-refractivity contribution in [3.8, 4) is 11.5 Å². The van der Waals surface area contributed by atoms with Gasteiger partial charge in [-0.05, 0) is 29.3 Å². The zero-order valence-electron chi connectivity index (χ0n) is 18.1. The van der Waals surface area contributed by atoms with E-state index in [4.69, 9.17) is 9.47 Å². The van der Waals surface area contributed by atoms with Gasteiger partial charge in [-0.25, -0.2) is 4.79 Å². The number of carbonyl (C=O) groups is 2. The molecule has 0 aliphatic rings. The summed E-state index contributed by atoms with van der Waals surface area (Å²) >= 11 is 0. The number of amides is 1. The van der Waals surface area contributed by atoms with Crippen LogP contribution in [0.2, 0.25) is 0 Å². The molecule has 0 unspecified atom stereocenters. The van der Waals surface area contributed by atoms with Crippen molar-refractivity contribution in [1.29, 1.82) is 0 Å². The molecule has 0 saturated heterocycles. The number of ether oxygens (including phenoxy) is 3. The zero-order chi connectivity index (χ0) is 23.8. The minimum Gasteiger partial charge on any atom is -0.493 e. The Hall–Kier alpha value is -4.40. The highest BCUT2D eigenvalue weighted by molar-refractivity contribution is 5.98. The van der Waals surface area contributed by atoms with Crippen LogP contribution >= 0.6 is 0 Å². The highest BCUT2D eigenvalue weighted by Crippen LogP contribution is 2.29. The number of nitro groups is 1. The predicted molar refractivity (Wildman–Crippen MR) is 119 cm³/mol. The molecule has 170 valence electrons. The Bertz CT molecular complexity index is 1160. The SMILES string of the molecule is COC(=O)c1cc(C(=O)NCc2ccc(OCc3ccccc3)c(OC)c2)cc([N+](=O)[O-])c1. The number of nitrogens with one attached hydrogen (secondary N) is 1. The number of carbonyl (C=O) groups excluding carboxylic acids is 2. The fourth-order valence-corrected chi connectivity index (χ4v) is 3.04. The molecule has 0 heterocycles. The molecule has 0 radical (unpaired) electrons. The lowest BCUT2D eigenvalue weighted by Crippen LogP contribution is -2.23.